The minimum atomic E-state index is -1.80. The minimum absolute atomic E-state index is 0.348. The summed E-state index contributed by atoms with van der Waals surface area (Å²) >= 11 is 0. The smallest absolute Gasteiger partial charge is 0.191 e. The molecule has 1 heterocycles. The lowest BCUT2D eigenvalue weighted by Crippen LogP contribution is -2.57. The number of aliphatic hydroxyl groups excluding tert-OH is 3. The standard InChI is InChI=1S/C16H31FO5/c1-2-3-4-5-6-7-8-9-10-21-16-13(17)15(20)14(19)12(11-18)22-16/h12-16,18-20H,2-11H2,1H3/t12-,13-,14-,15-,16-/m1/s1. The molecule has 5 atom stereocenters. The van der Waals surface area contributed by atoms with E-state index >= 15 is 0 Å². The molecule has 1 rings (SSSR count). The molecule has 22 heavy (non-hydrogen) atoms. The van der Waals surface area contributed by atoms with Gasteiger partial charge in [-0.15, -0.1) is 0 Å². The third-order valence-electron chi connectivity index (χ3n) is 4.09. The topological polar surface area (TPSA) is 79.2 Å². The minimum Gasteiger partial charge on any atom is -0.394 e. The Morgan fingerprint density at radius 3 is 2.14 bits per heavy atom. The lowest BCUT2D eigenvalue weighted by Gasteiger charge is -2.38. The van der Waals surface area contributed by atoms with Gasteiger partial charge in [-0.3, -0.25) is 0 Å². The number of ether oxygens (including phenoxy) is 2. The van der Waals surface area contributed by atoms with E-state index in [-0.39, 0.29) is 0 Å². The van der Waals surface area contributed by atoms with Gasteiger partial charge in [0.2, 0.25) is 0 Å². The molecule has 0 amide bonds. The first kappa shape index (κ1) is 19.8. The third-order valence-corrected chi connectivity index (χ3v) is 4.09. The van der Waals surface area contributed by atoms with E-state index in [0.29, 0.717) is 6.61 Å². The van der Waals surface area contributed by atoms with E-state index in [0.717, 1.165) is 19.3 Å². The van der Waals surface area contributed by atoms with Gasteiger partial charge in [-0.2, -0.15) is 0 Å². The van der Waals surface area contributed by atoms with Crippen LogP contribution < -0.4 is 0 Å². The molecule has 1 aliphatic heterocycles. The van der Waals surface area contributed by atoms with Gasteiger partial charge < -0.3 is 24.8 Å². The fraction of sp³-hybridized carbons (Fsp3) is 1.00. The van der Waals surface area contributed by atoms with Crippen LogP contribution in [0.2, 0.25) is 0 Å². The summed E-state index contributed by atoms with van der Waals surface area (Å²) in [5.41, 5.74) is 0. The number of hydrogen-bond acceptors (Lipinski definition) is 5. The molecule has 132 valence electrons. The molecule has 0 saturated carbocycles. The molecule has 0 aliphatic carbocycles. The summed E-state index contributed by atoms with van der Waals surface area (Å²) in [4.78, 5) is 0. The summed E-state index contributed by atoms with van der Waals surface area (Å²) in [6.45, 7) is 2.06. The van der Waals surface area contributed by atoms with E-state index in [1.54, 1.807) is 0 Å². The van der Waals surface area contributed by atoms with E-state index in [2.05, 4.69) is 6.92 Å². The molecular formula is C16H31FO5. The lowest BCUT2D eigenvalue weighted by atomic mass is 10.0. The maximum Gasteiger partial charge on any atom is 0.191 e. The van der Waals surface area contributed by atoms with E-state index in [1.165, 1.54) is 32.1 Å². The molecular weight excluding hydrogens is 291 g/mol. The van der Waals surface area contributed by atoms with Gasteiger partial charge in [-0.05, 0) is 6.42 Å². The van der Waals surface area contributed by atoms with E-state index in [4.69, 9.17) is 14.6 Å². The van der Waals surface area contributed by atoms with E-state index in [1.807, 2.05) is 0 Å². The van der Waals surface area contributed by atoms with Crippen LogP contribution >= 0.6 is 0 Å². The first-order valence-electron chi connectivity index (χ1n) is 8.50. The van der Waals surface area contributed by atoms with Gasteiger partial charge in [-0.1, -0.05) is 51.9 Å². The zero-order chi connectivity index (χ0) is 16.4. The number of rotatable bonds is 11. The second-order valence-corrected chi connectivity index (χ2v) is 6.00. The molecule has 0 bridgehead atoms. The van der Waals surface area contributed by atoms with Crippen molar-refractivity contribution >= 4 is 0 Å². The number of hydrogen-bond donors (Lipinski definition) is 3. The Bertz CT molecular complexity index is 277. The summed E-state index contributed by atoms with van der Waals surface area (Å²) in [5, 5.41) is 28.1. The van der Waals surface area contributed by atoms with Crippen LogP contribution in [-0.4, -0.2) is 59.3 Å². The highest BCUT2D eigenvalue weighted by atomic mass is 19.1. The van der Waals surface area contributed by atoms with Crippen LogP contribution in [-0.2, 0) is 9.47 Å². The fourth-order valence-electron chi connectivity index (χ4n) is 2.61. The molecule has 1 fully saturated rings. The molecule has 3 N–H and O–H groups in total. The first-order valence-corrected chi connectivity index (χ1v) is 8.50. The summed E-state index contributed by atoms with van der Waals surface area (Å²) in [7, 11) is 0. The monoisotopic (exact) mass is 322 g/mol. The van der Waals surface area contributed by atoms with Crippen molar-refractivity contribution in [2.45, 2.75) is 89.1 Å². The van der Waals surface area contributed by atoms with Gasteiger partial charge in [0, 0.05) is 6.61 Å². The molecule has 0 aromatic rings. The van der Waals surface area contributed by atoms with Crippen molar-refractivity contribution in [3.63, 3.8) is 0 Å². The van der Waals surface area contributed by atoms with Crippen molar-refractivity contribution in [1.82, 2.24) is 0 Å². The summed E-state index contributed by atoms with van der Waals surface area (Å²) < 4.78 is 24.3. The Labute approximate surface area is 132 Å². The van der Waals surface area contributed by atoms with Crippen molar-refractivity contribution in [2.75, 3.05) is 13.2 Å². The first-order chi connectivity index (χ1) is 10.6. The average Bonchev–Trinajstić information content (AvgIpc) is 2.53. The second kappa shape index (κ2) is 11.3. The number of halogens is 1. The lowest BCUT2D eigenvalue weighted by molar-refractivity contribution is -0.286. The Kier molecular flexibility index (Phi) is 10.2. The molecule has 5 nitrogen and oxygen atoms in total. The highest BCUT2D eigenvalue weighted by Gasteiger charge is 2.45. The average molecular weight is 322 g/mol. The van der Waals surface area contributed by atoms with Crippen LogP contribution in [0.3, 0.4) is 0 Å². The Hall–Kier alpha value is -0.270. The quantitative estimate of drug-likeness (QED) is 0.507. The van der Waals surface area contributed by atoms with Crippen molar-refractivity contribution in [2.24, 2.45) is 0 Å². The van der Waals surface area contributed by atoms with Crippen LogP contribution in [0.4, 0.5) is 4.39 Å². The Balaban J connectivity index is 2.11. The van der Waals surface area contributed by atoms with Crippen LogP contribution in [0.1, 0.15) is 58.3 Å². The summed E-state index contributed by atoms with van der Waals surface area (Å²) in [5.74, 6) is 0. The molecule has 1 aliphatic rings. The van der Waals surface area contributed by atoms with E-state index < -0.39 is 37.4 Å². The van der Waals surface area contributed by atoms with Crippen LogP contribution in [0.15, 0.2) is 0 Å². The zero-order valence-corrected chi connectivity index (χ0v) is 13.5. The number of alkyl halides is 1. The summed E-state index contributed by atoms with van der Waals surface area (Å²) in [6, 6.07) is 0. The van der Waals surface area contributed by atoms with Crippen LogP contribution in [0, 0.1) is 0 Å². The van der Waals surface area contributed by atoms with Crippen LogP contribution in [0.25, 0.3) is 0 Å². The Morgan fingerprint density at radius 1 is 0.955 bits per heavy atom. The van der Waals surface area contributed by atoms with Crippen molar-refractivity contribution in [1.29, 1.82) is 0 Å². The van der Waals surface area contributed by atoms with Gasteiger partial charge >= 0.3 is 0 Å². The zero-order valence-electron chi connectivity index (χ0n) is 13.5. The van der Waals surface area contributed by atoms with E-state index in [9.17, 15) is 14.6 Å². The predicted molar refractivity (Wildman–Crippen MR) is 81.2 cm³/mol. The van der Waals surface area contributed by atoms with Crippen molar-refractivity contribution in [3.8, 4) is 0 Å². The van der Waals surface area contributed by atoms with Crippen molar-refractivity contribution in [3.05, 3.63) is 0 Å². The SMILES string of the molecule is CCCCCCCCCCO[C@@H]1O[C@H](CO)[C@@H](O)[C@H](O)[C@H]1F. The highest BCUT2D eigenvalue weighted by Crippen LogP contribution is 2.24. The largest absolute Gasteiger partial charge is 0.394 e. The van der Waals surface area contributed by atoms with Gasteiger partial charge in [0.05, 0.1) is 6.61 Å². The predicted octanol–water partition coefficient (Wildman–Crippen LogP) is 1.92. The fourth-order valence-corrected chi connectivity index (χ4v) is 2.61. The molecule has 0 unspecified atom stereocenters. The maximum absolute atomic E-state index is 13.8. The normalized spacial score (nSPS) is 32.3. The van der Waals surface area contributed by atoms with Gasteiger partial charge in [0.1, 0.15) is 18.3 Å². The summed E-state index contributed by atoms with van der Waals surface area (Å²) in [6.07, 6.45) is 2.21. The number of unbranched alkanes of at least 4 members (excludes halogenated alkanes) is 7. The highest BCUT2D eigenvalue weighted by molar-refractivity contribution is 4.89. The third kappa shape index (κ3) is 6.46. The van der Waals surface area contributed by atoms with Gasteiger partial charge in [-0.25, -0.2) is 4.39 Å². The molecule has 6 heteroatoms. The molecule has 0 aromatic heterocycles. The second-order valence-electron chi connectivity index (χ2n) is 6.00. The molecule has 0 spiro atoms. The van der Waals surface area contributed by atoms with Crippen molar-refractivity contribution < 1.29 is 29.2 Å². The molecule has 0 aromatic carbocycles. The van der Waals surface area contributed by atoms with Gasteiger partial charge in [0.25, 0.3) is 0 Å². The van der Waals surface area contributed by atoms with Crippen LogP contribution in [0.5, 0.6) is 0 Å². The molecule has 1 saturated heterocycles. The number of aliphatic hydroxyl groups is 3. The molecule has 0 radical (unpaired) electrons. The Morgan fingerprint density at radius 2 is 1.55 bits per heavy atom. The van der Waals surface area contributed by atoms with Gasteiger partial charge in [0.15, 0.2) is 12.5 Å². The maximum atomic E-state index is 13.8.